The third kappa shape index (κ3) is 3.13. The molecule has 2 aromatic rings. The molecule has 0 fully saturated rings. The molecule has 4 heteroatoms. The molecule has 0 aliphatic heterocycles. The fourth-order valence-electron chi connectivity index (χ4n) is 1.68. The number of anilines is 2. The molecule has 1 aromatic heterocycles. The van der Waals surface area contributed by atoms with E-state index >= 15 is 0 Å². The fraction of sp³-hybridized carbons (Fsp3) is 0.214. The zero-order chi connectivity index (χ0) is 12.8. The van der Waals surface area contributed by atoms with Crippen LogP contribution in [-0.4, -0.2) is 18.6 Å². The summed E-state index contributed by atoms with van der Waals surface area (Å²) in [6, 6.07) is 13.8. The van der Waals surface area contributed by atoms with Gasteiger partial charge in [0, 0.05) is 12.6 Å². The molecule has 0 spiro atoms. The standard InChI is InChI=1S/C14H17N3O/c1-18-13-8-7-12(15)14(17-13)16-10-9-11-5-3-2-4-6-11/h2-8H,9-10,15H2,1H3,(H,16,17). The third-order valence-corrected chi connectivity index (χ3v) is 2.66. The Hall–Kier alpha value is -2.23. The van der Waals surface area contributed by atoms with Crippen molar-refractivity contribution in [3.63, 3.8) is 0 Å². The van der Waals surface area contributed by atoms with Crippen LogP contribution in [0.4, 0.5) is 11.5 Å². The van der Waals surface area contributed by atoms with Gasteiger partial charge in [0.1, 0.15) is 0 Å². The Balaban J connectivity index is 1.94. The molecule has 1 aromatic carbocycles. The number of nitrogens with zero attached hydrogens (tertiary/aromatic N) is 1. The fourth-order valence-corrected chi connectivity index (χ4v) is 1.68. The molecule has 0 atom stereocenters. The zero-order valence-electron chi connectivity index (χ0n) is 10.4. The number of ether oxygens (including phenoxy) is 1. The van der Waals surface area contributed by atoms with Gasteiger partial charge in [0.25, 0.3) is 0 Å². The van der Waals surface area contributed by atoms with E-state index in [2.05, 4.69) is 22.4 Å². The van der Waals surface area contributed by atoms with Gasteiger partial charge in [0.2, 0.25) is 5.88 Å². The average Bonchev–Trinajstić information content (AvgIpc) is 2.42. The van der Waals surface area contributed by atoms with Crippen molar-refractivity contribution in [2.24, 2.45) is 0 Å². The molecule has 18 heavy (non-hydrogen) atoms. The second-order valence-corrected chi connectivity index (χ2v) is 3.95. The van der Waals surface area contributed by atoms with Crippen LogP contribution in [0.15, 0.2) is 42.5 Å². The quantitative estimate of drug-likeness (QED) is 0.846. The first kappa shape index (κ1) is 12.2. The second kappa shape index (κ2) is 5.91. The minimum atomic E-state index is 0.561. The highest BCUT2D eigenvalue weighted by Gasteiger charge is 2.02. The van der Waals surface area contributed by atoms with Crippen LogP contribution in [0.1, 0.15) is 5.56 Å². The van der Waals surface area contributed by atoms with Gasteiger partial charge in [-0.2, -0.15) is 4.98 Å². The SMILES string of the molecule is COc1ccc(N)c(NCCc2ccccc2)n1. The summed E-state index contributed by atoms with van der Waals surface area (Å²) in [7, 11) is 1.59. The van der Waals surface area contributed by atoms with Gasteiger partial charge < -0.3 is 15.8 Å². The van der Waals surface area contributed by atoms with Crippen molar-refractivity contribution in [2.75, 3.05) is 24.7 Å². The number of aromatic nitrogens is 1. The highest BCUT2D eigenvalue weighted by atomic mass is 16.5. The lowest BCUT2D eigenvalue weighted by Crippen LogP contribution is -2.08. The summed E-state index contributed by atoms with van der Waals surface area (Å²) < 4.78 is 5.07. The predicted octanol–water partition coefficient (Wildman–Crippen LogP) is 2.33. The Bertz CT molecular complexity index is 500. The summed E-state index contributed by atoms with van der Waals surface area (Å²) in [5, 5.41) is 3.22. The van der Waals surface area contributed by atoms with Gasteiger partial charge in [-0.15, -0.1) is 0 Å². The average molecular weight is 243 g/mol. The van der Waals surface area contributed by atoms with Crippen LogP contribution >= 0.6 is 0 Å². The maximum absolute atomic E-state index is 5.84. The lowest BCUT2D eigenvalue weighted by molar-refractivity contribution is 0.398. The van der Waals surface area contributed by atoms with Crippen LogP contribution in [0.3, 0.4) is 0 Å². The molecule has 0 radical (unpaired) electrons. The third-order valence-electron chi connectivity index (χ3n) is 2.66. The second-order valence-electron chi connectivity index (χ2n) is 3.95. The number of methoxy groups -OCH3 is 1. The van der Waals surface area contributed by atoms with E-state index < -0.39 is 0 Å². The maximum Gasteiger partial charge on any atom is 0.215 e. The molecule has 4 nitrogen and oxygen atoms in total. The predicted molar refractivity (Wildman–Crippen MR) is 73.8 cm³/mol. The van der Waals surface area contributed by atoms with E-state index in [9.17, 15) is 0 Å². The van der Waals surface area contributed by atoms with Crippen LogP contribution in [0.2, 0.25) is 0 Å². The Morgan fingerprint density at radius 3 is 2.67 bits per heavy atom. The minimum Gasteiger partial charge on any atom is -0.481 e. The topological polar surface area (TPSA) is 60.2 Å². The van der Waals surface area contributed by atoms with E-state index in [1.54, 1.807) is 19.2 Å². The Morgan fingerprint density at radius 2 is 1.94 bits per heavy atom. The largest absolute Gasteiger partial charge is 0.481 e. The van der Waals surface area contributed by atoms with E-state index in [0.29, 0.717) is 17.4 Å². The van der Waals surface area contributed by atoms with Gasteiger partial charge in [-0.3, -0.25) is 0 Å². The summed E-state index contributed by atoms with van der Waals surface area (Å²) in [5.74, 6) is 1.23. The van der Waals surface area contributed by atoms with Crippen LogP contribution in [0.25, 0.3) is 0 Å². The molecular weight excluding hydrogens is 226 g/mol. The normalized spacial score (nSPS) is 10.1. The van der Waals surface area contributed by atoms with Crippen molar-refractivity contribution in [3.05, 3.63) is 48.0 Å². The summed E-state index contributed by atoms with van der Waals surface area (Å²) in [5.41, 5.74) is 7.76. The maximum atomic E-state index is 5.84. The first-order valence-electron chi connectivity index (χ1n) is 5.88. The number of nitrogen functional groups attached to an aromatic ring is 1. The van der Waals surface area contributed by atoms with Crippen LogP contribution in [0, 0.1) is 0 Å². The summed E-state index contributed by atoms with van der Waals surface area (Å²) in [6.07, 6.45) is 0.930. The number of nitrogens with two attached hydrogens (primary N) is 1. The Morgan fingerprint density at radius 1 is 1.17 bits per heavy atom. The molecule has 0 bridgehead atoms. The monoisotopic (exact) mass is 243 g/mol. The molecule has 1 heterocycles. The molecule has 3 N–H and O–H groups in total. The van der Waals surface area contributed by atoms with Crippen molar-refractivity contribution in [3.8, 4) is 5.88 Å². The molecular formula is C14H17N3O. The Labute approximate surface area is 107 Å². The van der Waals surface area contributed by atoms with Crippen LogP contribution in [0.5, 0.6) is 5.88 Å². The van der Waals surface area contributed by atoms with Gasteiger partial charge >= 0.3 is 0 Å². The number of benzene rings is 1. The van der Waals surface area contributed by atoms with E-state index in [-0.39, 0.29) is 0 Å². The molecule has 0 unspecified atom stereocenters. The number of hydrogen-bond acceptors (Lipinski definition) is 4. The number of pyridine rings is 1. The molecule has 0 aliphatic rings. The smallest absolute Gasteiger partial charge is 0.215 e. The van der Waals surface area contributed by atoms with Gasteiger partial charge in [0.15, 0.2) is 5.82 Å². The number of nitrogens with one attached hydrogen (secondary N) is 1. The first-order valence-corrected chi connectivity index (χ1v) is 5.88. The lowest BCUT2D eigenvalue weighted by atomic mass is 10.1. The number of rotatable bonds is 5. The van der Waals surface area contributed by atoms with Crippen LogP contribution < -0.4 is 15.8 Å². The molecule has 2 rings (SSSR count). The van der Waals surface area contributed by atoms with Crippen molar-refractivity contribution >= 4 is 11.5 Å². The highest BCUT2D eigenvalue weighted by Crippen LogP contribution is 2.19. The van der Waals surface area contributed by atoms with E-state index in [1.165, 1.54) is 5.56 Å². The van der Waals surface area contributed by atoms with E-state index in [1.807, 2.05) is 18.2 Å². The van der Waals surface area contributed by atoms with Crippen molar-refractivity contribution < 1.29 is 4.74 Å². The van der Waals surface area contributed by atoms with Gasteiger partial charge in [0.05, 0.1) is 12.8 Å². The zero-order valence-corrected chi connectivity index (χ0v) is 10.4. The molecule has 0 saturated carbocycles. The highest BCUT2D eigenvalue weighted by molar-refractivity contribution is 5.61. The number of hydrogen-bond donors (Lipinski definition) is 2. The summed E-state index contributed by atoms with van der Waals surface area (Å²) in [4.78, 5) is 4.26. The summed E-state index contributed by atoms with van der Waals surface area (Å²) in [6.45, 7) is 0.786. The van der Waals surface area contributed by atoms with Crippen LogP contribution in [-0.2, 0) is 6.42 Å². The molecule has 0 saturated heterocycles. The lowest BCUT2D eigenvalue weighted by Gasteiger charge is -2.09. The van der Waals surface area contributed by atoms with Crippen molar-refractivity contribution in [1.29, 1.82) is 0 Å². The van der Waals surface area contributed by atoms with Gasteiger partial charge in [-0.1, -0.05) is 30.3 Å². The first-order chi connectivity index (χ1) is 8.79. The Kier molecular flexibility index (Phi) is 4.02. The van der Waals surface area contributed by atoms with Gasteiger partial charge in [-0.05, 0) is 18.1 Å². The molecule has 0 aliphatic carbocycles. The van der Waals surface area contributed by atoms with E-state index in [0.717, 1.165) is 13.0 Å². The minimum absolute atomic E-state index is 0.561. The van der Waals surface area contributed by atoms with Crippen molar-refractivity contribution in [1.82, 2.24) is 4.98 Å². The van der Waals surface area contributed by atoms with Gasteiger partial charge in [-0.25, -0.2) is 0 Å². The van der Waals surface area contributed by atoms with Crippen molar-refractivity contribution in [2.45, 2.75) is 6.42 Å². The molecule has 0 amide bonds. The van der Waals surface area contributed by atoms with E-state index in [4.69, 9.17) is 10.5 Å². The molecule has 94 valence electrons. The summed E-state index contributed by atoms with van der Waals surface area (Å²) >= 11 is 0.